The minimum atomic E-state index is -0.128. The van der Waals surface area contributed by atoms with Gasteiger partial charge in [-0.25, -0.2) is 0 Å². The molecule has 0 saturated carbocycles. The molecule has 1 unspecified atom stereocenters. The van der Waals surface area contributed by atoms with Gasteiger partial charge in [-0.05, 0) is 52.5 Å². The highest BCUT2D eigenvalue weighted by molar-refractivity contribution is 7.73. The molecule has 0 amide bonds. The molecule has 0 N–H and O–H groups in total. The molecular formula is C14H22N2O2S2. The second kappa shape index (κ2) is 6.83. The van der Waals surface area contributed by atoms with Gasteiger partial charge in [-0.15, -0.1) is 11.3 Å². The van der Waals surface area contributed by atoms with Crippen LogP contribution in [0.15, 0.2) is 0 Å². The Bertz CT molecular complexity index is 534. The van der Waals surface area contributed by atoms with Crippen LogP contribution in [-0.2, 0) is 22.5 Å². The number of carbonyl (C=O) groups excluding carboxylic acids is 1. The third-order valence-electron chi connectivity index (χ3n) is 3.82. The zero-order chi connectivity index (χ0) is 14.7. The van der Waals surface area contributed by atoms with E-state index in [-0.39, 0.29) is 12.0 Å². The average Bonchev–Trinajstić information content (AvgIpc) is 2.64. The predicted molar refractivity (Wildman–Crippen MR) is 83.9 cm³/mol. The van der Waals surface area contributed by atoms with Gasteiger partial charge in [0.1, 0.15) is 6.04 Å². The van der Waals surface area contributed by atoms with Gasteiger partial charge in [0.25, 0.3) is 0 Å². The van der Waals surface area contributed by atoms with Crippen molar-refractivity contribution in [2.75, 3.05) is 20.7 Å². The maximum atomic E-state index is 12.1. The van der Waals surface area contributed by atoms with E-state index < -0.39 is 0 Å². The number of thiazole rings is 1. The summed E-state index contributed by atoms with van der Waals surface area (Å²) in [5.74, 6) is -0.101. The van der Waals surface area contributed by atoms with Crippen molar-refractivity contribution in [2.45, 2.75) is 45.2 Å². The number of nitrogens with zero attached hydrogens (tertiary/aromatic N) is 2. The van der Waals surface area contributed by atoms with E-state index in [0.717, 1.165) is 36.2 Å². The number of carbonyl (C=O) groups is 1. The second-order valence-corrected chi connectivity index (χ2v) is 7.15. The highest BCUT2D eigenvalue weighted by atomic mass is 32.1. The number of esters is 1. The molecule has 0 saturated heterocycles. The van der Waals surface area contributed by atoms with Gasteiger partial charge in [-0.3, -0.25) is 9.69 Å². The number of cyclic esters (lactones) is 1. The molecular weight excluding hydrogens is 292 g/mol. The number of rotatable bonds is 1. The van der Waals surface area contributed by atoms with Crippen molar-refractivity contribution in [3.63, 3.8) is 0 Å². The first-order valence-electron chi connectivity index (χ1n) is 7.03. The fraction of sp³-hybridized carbons (Fsp3) is 0.714. The average molecular weight is 314 g/mol. The van der Waals surface area contributed by atoms with Crippen molar-refractivity contribution in [3.8, 4) is 0 Å². The third kappa shape index (κ3) is 3.48. The highest BCUT2D eigenvalue weighted by Crippen LogP contribution is 2.21. The van der Waals surface area contributed by atoms with E-state index in [1.807, 2.05) is 19.0 Å². The zero-order valence-corrected chi connectivity index (χ0v) is 14.0. The fourth-order valence-electron chi connectivity index (χ4n) is 2.55. The molecule has 0 aliphatic carbocycles. The Kier molecular flexibility index (Phi) is 5.35. The van der Waals surface area contributed by atoms with Crippen LogP contribution >= 0.6 is 23.6 Å². The van der Waals surface area contributed by atoms with E-state index in [2.05, 4.69) is 11.5 Å². The molecule has 20 heavy (non-hydrogen) atoms. The molecule has 1 aromatic heterocycles. The number of hydrogen-bond acceptors (Lipinski definition) is 5. The van der Waals surface area contributed by atoms with Gasteiger partial charge >= 0.3 is 5.97 Å². The van der Waals surface area contributed by atoms with Crippen LogP contribution in [0.2, 0.25) is 0 Å². The molecule has 1 aliphatic heterocycles. The molecule has 0 fully saturated rings. The summed E-state index contributed by atoms with van der Waals surface area (Å²) in [7, 11) is 3.87. The fourth-order valence-corrected chi connectivity index (χ4v) is 4.07. The van der Waals surface area contributed by atoms with Gasteiger partial charge in [0, 0.05) is 23.5 Å². The van der Waals surface area contributed by atoms with Crippen LogP contribution in [0.4, 0.5) is 0 Å². The summed E-state index contributed by atoms with van der Waals surface area (Å²) in [6, 6.07) is -0.128. The van der Waals surface area contributed by atoms with Crippen LogP contribution < -0.4 is 0 Å². The molecule has 2 bridgehead atoms. The smallest absolute Gasteiger partial charge is 0.323 e. The lowest BCUT2D eigenvalue weighted by Crippen LogP contribution is -2.37. The van der Waals surface area contributed by atoms with Gasteiger partial charge in [0.05, 0.1) is 6.61 Å². The molecule has 2 rings (SSSR count). The molecule has 2 heterocycles. The predicted octanol–water partition coefficient (Wildman–Crippen LogP) is 2.79. The Morgan fingerprint density at radius 2 is 2.15 bits per heavy atom. The van der Waals surface area contributed by atoms with E-state index in [1.54, 1.807) is 11.3 Å². The standard InChI is InChI=1S/C14H22N2O2S2/c1-10-12-7-9-18-13(17)11(15(2)3)6-4-5-8-16(10)14(19)20-12/h11H,4-9H2,1-3H3. The van der Waals surface area contributed by atoms with E-state index in [1.165, 1.54) is 10.6 Å². The van der Waals surface area contributed by atoms with Gasteiger partial charge in [0.15, 0.2) is 3.95 Å². The summed E-state index contributed by atoms with van der Waals surface area (Å²) in [5.41, 5.74) is 1.24. The van der Waals surface area contributed by atoms with E-state index in [4.69, 9.17) is 17.0 Å². The summed E-state index contributed by atoms with van der Waals surface area (Å²) >= 11 is 7.08. The van der Waals surface area contributed by atoms with Crippen molar-refractivity contribution < 1.29 is 9.53 Å². The van der Waals surface area contributed by atoms with Crippen LogP contribution in [0, 0.1) is 10.9 Å². The number of likely N-dealkylation sites (N-methyl/N-ethyl adjacent to an activating group) is 1. The topological polar surface area (TPSA) is 34.5 Å². The second-order valence-electron chi connectivity index (χ2n) is 5.42. The van der Waals surface area contributed by atoms with Gasteiger partial charge in [-0.2, -0.15) is 0 Å². The lowest BCUT2D eigenvalue weighted by atomic mass is 10.1. The lowest BCUT2D eigenvalue weighted by Gasteiger charge is -2.23. The molecule has 0 spiro atoms. The van der Waals surface area contributed by atoms with E-state index in [0.29, 0.717) is 6.61 Å². The summed E-state index contributed by atoms with van der Waals surface area (Å²) in [6.45, 7) is 3.51. The maximum absolute atomic E-state index is 12.1. The molecule has 1 aromatic rings. The Balaban J connectivity index is 2.17. The van der Waals surface area contributed by atoms with Crippen LogP contribution in [0.1, 0.15) is 29.8 Å². The van der Waals surface area contributed by atoms with Crippen molar-refractivity contribution in [2.24, 2.45) is 0 Å². The van der Waals surface area contributed by atoms with E-state index >= 15 is 0 Å². The first-order valence-corrected chi connectivity index (χ1v) is 8.25. The number of aromatic nitrogens is 1. The quantitative estimate of drug-likeness (QED) is 0.590. The number of fused-ring (bicyclic) bond motifs is 2. The van der Waals surface area contributed by atoms with Gasteiger partial charge in [0.2, 0.25) is 0 Å². The summed E-state index contributed by atoms with van der Waals surface area (Å²) in [4.78, 5) is 15.3. The van der Waals surface area contributed by atoms with Crippen molar-refractivity contribution in [3.05, 3.63) is 14.5 Å². The van der Waals surface area contributed by atoms with Crippen LogP contribution in [0.3, 0.4) is 0 Å². The lowest BCUT2D eigenvalue weighted by molar-refractivity contribution is -0.149. The Morgan fingerprint density at radius 3 is 2.85 bits per heavy atom. The molecule has 1 atom stereocenters. The first-order chi connectivity index (χ1) is 9.50. The van der Waals surface area contributed by atoms with Crippen molar-refractivity contribution >= 4 is 29.5 Å². The Hall–Kier alpha value is -0.720. The van der Waals surface area contributed by atoms with Crippen molar-refractivity contribution in [1.82, 2.24) is 9.47 Å². The molecule has 1 aliphatic rings. The van der Waals surface area contributed by atoms with Crippen LogP contribution in [0.25, 0.3) is 0 Å². The van der Waals surface area contributed by atoms with Gasteiger partial charge < -0.3 is 9.30 Å². The van der Waals surface area contributed by atoms with Gasteiger partial charge in [-0.1, -0.05) is 0 Å². The summed E-state index contributed by atoms with van der Waals surface area (Å²) in [5, 5.41) is 0. The SMILES string of the molecule is Cc1c2sc(=S)n1CCCCC(N(C)C)C(=O)OCC2. The number of ether oxygens (including phenoxy) is 1. The normalized spacial score (nSPS) is 21.2. The minimum absolute atomic E-state index is 0.101. The number of hydrogen-bond donors (Lipinski definition) is 0. The molecule has 4 nitrogen and oxygen atoms in total. The highest BCUT2D eigenvalue weighted by Gasteiger charge is 2.22. The van der Waals surface area contributed by atoms with Crippen molar-refractivity contribution in [1.29, 1.82) is 0 Å². The molecule has 6 heteroatoms. The molecule has 112 valence electrons. The molecule has 0 radical (unpaired) electrons. The minimum Gasteiger partial charge on any atom is -0.464 e. The first kappa shape index (κ1) is 15.7. The third-order valence-corrected chi connectivity index (χ3v) is 5.43. The van der Waals surface area contributed by atoms with Crippen LogP contribution in [-0.4, -0.2) is 42.2 Å². The Morgan fingerprint density at radius 1 is 1.40 bits per heavy atom. The largest absolute Gasteiger partial charge is 0.464 e. The maximum Gasteiger partial charge on any atom is 0.323 e. The Labute approximate surface area is 129 Å². The van der Waals surface area contributed by atoms with E-state index in [9.17, 15) is 4.79 Å². The zero-order valence-electron chi connectivity index (χ0n) is 12.3. The summed E-state index contributed by atoms with van der Waals surface area (Å²) in [6.07, 6.45) is 3.65. The van der Waals surface area contributed by atoms with Crippen LogP contribution in [0.5, 0.6) is 0 Å². The monoisotopic (exact) mass is 314 g/mol. The summed E-state index contributed by atoms with van der Waals surface area (Å²) < 4.78 is 8.60. The molecule has 0 aromatic carbocycles.